The van der Waals surface area contributed by atoms with Gasteiger partial charge in [-0.25, -0.2) is 0 Å². The lowest BCUT2D eigenvalue weighted by Crippen LogP contribution is -2.40. The molecule has 0 saturated carbocycles. The molecule has 0 fully saturated rings. The lowest BCUT2D eigenvalue weighted by molar-refractivity contribution is 0.0703. The van der Waals surface area contributed by atoms with E-state index in [1.54, 1.807) is 0 Å². The number of hydrogen-bond donors (Lipinski definition) is 2. The zero-order chi connectivity index (χ0) is 12.7. The second-order valence-electron chi connectivity index (χ2n) is 6.49. The molecule has 2 rings (SSSR count). The summed E-state index contributed by atoms with van der Waals surface area (Å²) in [5.41, 5.74) is 2.38. The number of hydrogen-bond acceptors (Lipinski definition) is 2. The van der Waals surface area contributed by atoms with Gasteiger partial charge in [0.25, 0.3) is 0 Å². The Morgan fingerprint density at radius 1 is 1.35 bits per heavy atom. The van der Waals surface area contributed by atoms with E-state index >= 15 is 0 Å². The topological polar surface area (TPSA) is 32.3 Å². The molecular weight excluding hydrogens is 210 g/mol. The average Bonchev–Trinajstić information content (AvgIpc) is 2.43. The molecule has 1 atom stereocenters. The predicted molar refractivity (Wildman–Crippen MR) is 71.0 cm³/mol. The lowest BCUT2D eigenvalue weighted by atomic mass is 9.85. The standard InChI is InChI=1S/C15H23NO/c1-14(2)9-11-7-5-6-8-12(11)13(14)16-10-15(3,4)17/h5-8,13,16-17H,9-10H2,1-4H3. The van der Waals surface area contributed by atoms with Crippen LogP contribution in [0.4, 0.5) is 0 Å². The van der Waals surface area contributed by atoms with E-state index < -0.39 is 5.60 Å². The minimum absolute atomic E-state index is 0.217. The third-order valence-electron chi connectivity index (χ3n) is 3.53. The highest BCUT2D eigenvalue weighted by Gasteiger charge is 2.38. The van der Waals surface area contributed by atoms with Gasteiger partial charge in [-0.1, -0.05) is 38.1 Å². The fourth-order valence-corrected chi connectivity index (χ4v) is 2.73. The van der Waals surface area contributed by atoms with Crippen molar-refractivity contribution < 1.29 is 5.11 Å². The van der Waals surface area contributed by atoms with Crippen LogP contribution in [-0.2, 0) is 6.42 Å². The lowest BCUT2D eigenvalue weighted by Gasteiger charge is -2.31. The Morgan fingerprint density at radius 3 is 2.65 bits per heavy atom. The van der Waals surface area contributed by atoms with E-state index in [0.717, 1.165) is 6.42 Å². The van der Waals surface area contributed by atoms with Crippen LogP contribution >= 0.6 is 0 Å². The summed E-state index contributed by atoms with van der Waals surface area (Å²) in [4.78, 5) is 0. The quantitative estimate of drug-likeness (QED) is 0.841. The second-order valence-corrected chi connectivity index (χ2v) is 6.49. The van der Waals surface area contributed by atoms with Gasteiger partial charge in [-0.15, -0.1) is 0 Å². The molecule has 0 saturated heterocycles. The number of aliphatic hydroxyl groups is 1. The molecule has 1 aromatic carbocycles. The number of rotatable bonds is 3. The molecule has 0 radical (unpaired) electrons. The SMILES string of the molecule is CC(C)(O)CNC1c2ccccc2CC1(C)C. The van der Waals surface area contributed by atoms with E-state index in [-0.39, 0.29) is 5.41 Å². The highest BCUT2D eigenvalue weighted by atomic mass is 16.3. The van der Waals surface area contributed by atoms with Gasteiger partial charge < -0.3 is 10.4 Å². The molecule has 1 unspecified atom stereocenters. The van der Waals surface area contributed by atoms with Crippen molar-refractivity contribution in [3.05, 3.63) is 35.4 Å². The smallest absolute Gasteiger partial charge is 0.0715 e. The molecule has 0 bridgehead atoms. The summed E-state index contributed by atoms with van der Waals surface area (Å²) in [6.07, 6.45) is 1.10. The first-order valence-electron chi connectivity index (χ1n) is 6.33. The number of benzene rings is 1. The normalized spacial score (nSPS) is 22.5. The van der Waals surface area contributed by atoms with Gasteiger partial charge in [0.2, 0.25) is 0 Å². The summed E-state index contributed by atoms with van der Waals surface area (Å²) in [7, 11) is 0. The first-order valence-corrected chi connectivity index (χ1v) is 6.33. The molecule has 0 heterocycles. The third kappa shape index (κ3) is 2.70. The fraction of sp³-hybridized carbons (Fsp3) is 0.600. The van der Waals surface area contributed by atoms with Crippen molar-refractivity contribution in [3.63, 3.8) is 0 Å². The van der Waals surface area contributed by atoms with Crippen LogP contribution in [0.1, 0.15) is 44.9 Å². The second kappa shape index (κ2) is 4.11. The fourth-order valence-electron chi connectivity index (χ4n) is 2.73. The minimum Gasteiger partial charge on any atom is -0.389 e. The summed E-state index contributed by atoms with van der Waals surface area (Å²) >= 11 is 0. The number of nitrogens with one attached hydrogen (secondary N) is 1. The van der Waals surface area contributed by atoms with E-state index in [1.807, 2.05) is 13.8 Å². The van der Waals surface area contributed by atoms with Gasteiger partial charge >= 0.3 is 0 Å². The molecule has 2 N–H and O–H groups in total. The van der Waals surface area contributed by atoms with Gasteiger partial charge in [0.05, 0.1) is 5.60 Å². The van der Waals surface area contributed by atoms with Crippen LogP contribution in [0.15, 0.2) is 24.3 Å². The van der Waals surface area contributed by atoms with Crippen molar-refractivity contribution in [1.82, 2.24) is 5.32 Å². The summed E-state index contributed by atoms with van der Waals surface area (Å²) in [5.74, 6) is 0. The van der Waals surface area contributed by atoms with Gasteiger partial charge in [-0.2, -0.15) is 0 Å². The van der Waals surface area contributed by atoms with Gasteiger partial charge in [0.1, 0.15) is 0 Å². The van der Waals surface area contributed by atoms with E-state index in [0.29, 0.717) is 12.6 Å². The maximum Gasteiger partial charge on any atom is 0.0715 e. The number of fused-ring (bicyclic) bond motifs is 1. The molecule has 17 heavy (non-hydrogen) atoms. The molecule has 0 aliphatic heterocycles. The van der Waals surface area contributed by atoms with Gasteiger partial charge in [-0.3, -0.25) is 0 Å². The first kappa shape index (κ1) is 12.6. The van der Waals surface area contributed by atoms with E-state index in [4.69, 9.17) is 0 Å². The zero-order valence-electron chi connectivity index (χ0n) is 11.2. The zero-order valence-corrected chi connectivity index (χ0v) is 11.2. The molecule has 1 aliphatic rings. The highest BCUT2D eigenvalue weighted by Crippen LogP contribution is 2.44. The average molecular weight is 233 g/mol. The van der Waals surface area contributed by atoms with Crippen molar-refractivity contribution in [1.29, 1.82) is 0 Å². The first-order chi connectivity index (χ1) is 7.80. The summed E-state index contributed by atoms with van der Waals surface area (Å²) in [6.45, 7) is 8.88. The predicted octanol–water partition coefficient (Wildman–Crippen LogP) is 2.67. The molecule has 1 aliphatic carbocycles. The Labute approximate surface area is 104 Å². The van der Waals surface area contributed by atoms with Crippen molar-refractivity contribution in [2.45, 2.75) is 45.8 Å². The van der Waals surface area contributed by atoms with Crippen LogP contribution in [-0.4, -0.2) is 17.3 Å². The van der Waals surface area contributed by atoms with E-state index in [9.17, 15) is 5.11 Å². The molecule has 94 valence electrons. The van der Waals surface area contributed by atoms with Crippen molar-refractivity contribution in [2.75, 3.05) is 6.54 Å². The summed E-state index contributed by atoms with van der Waals surface area (Å²) < 4.78 is 0. The molecule has 0 amide bonds. The third-order valence-corrected chi connectivity index (χ3v) is 3.53. The Balaban J connectivity index is 2.20. The maximum atomic E-state index is 9.83. The van der Waals surface area contributed by atoms with E-state index in [1.165, 1.54) is 11.1 Å². The molecule has 0 aromatic heterocycles. The van der Waals surface area contributed by atoms with Crippen LogP contribution in [0.5, 0.6) is 0 Å². The Hall–Kier alpha value is -0.860. The van der Waals surface area contributed by atoms with Crippen LogP contribution in [0.25, 0.3) is 0 Å². The van der Waals surface area contributed by atoms with Crippen LogP contribution in [0, 0.1) is 5.41 Å². The molecular formula is C15H23NO. The molecule has 2 heteroatoms. The van der Waals surface area contributed by atoms with Crippen molar-refractivity contribution in [3.8, 4) is 0 Å². The van der Waals surface area contributed by atoms with Crippen LogP contribution < -0.4 is 5.32 Å². The molecule has 2 nitrogen and oxygen atoms in total. The van der Waals surface area contributed by atoms with Gasteiger partial charge in [0, 0.05) is 12.6 Å². The Morgan fingerprint density at radius 2 is 2.00 bits per heavy atom. The van der Waals surface area contributed by atoms with E-state index in [2.05, 4.69) is 43.4 Å². The minimum atomic E-state index is -0.659. The Bertz CT molecular complexity index is 404. The Kier molecular flexibility index (Phi) is 3.04. The van der Waals surface area contributed by atoms with Crippen molar-refractivity contribution in [2.24, 2.45) is 5.41 Å². The maximum absolute atomic E-state index is 9.83. The van der Waals surface area contributed by atoms with Crippen molar-refractivity contribution >= 4 is 0 Å². The van der Waals surface area contributed by atoms with Crippen LogP contribution in [0.3, 0.4) is 0 Å². The van der Waals surface area contributed by atoms with Gasteiger partial charge in [0.15, 0.2) is 0 Å². The van der Waals surface area contributed by atoms with Gasteiger partial charge in [-0.05, 0) is 36.8 Å². The van der Waals surface area contributed by atoms with Crippen LogP contribution in [0.2, 0.25) is 0 Å². The summed E-state index contributed by atoms with van der Waals surface area (Å²) in [5, 5.41) is 13.4. The highest BCUT2D eigenvalue weighted by molar-refractivity contribution is 5.37. The molecule has 1 aromatic rings. The monoisotopic (exact) mass is 233 g/mol. The summed E-state index contributed by atoms with van der Waals surface area (Å²) in [6, 6.07) is 8.95. The molecule has 0 spiro atoms. The largest absolute Gasteiger partial charge is 0.389 e.